The number of anilines is 1. The van der Waals surface area contributed by atoms with Crippen LogP contribution >= 0.6 is 0 Å². The van der Waals surface area contributed by atoms with Gasteiger partial charge in [-0.25, -0.2) is 8.42 Å². The van der Waals surface area contributed by atoms with E-state index < -0.39 is 10.0 Å². The van der Waals surface area contributed by atoms with Crippen molar-refractivity contribution in [2.45, 2.75) is 26.7 Å². The van der Waals surface area contributed by atoms with E-state index in [0.29, 0.717) is 31.0 Å². The Morgan fingerprint density at radius 3 is 2.50 bits per heavy atom. The van der Waals surface area contributed by atoms with Crippen LogP contribution in [0.2, 0.25) is 0 Å². The summed E-state index contributed by atoms with van der Waals surface area (Å²) in [6, 6.07) is 12.9. The molecule has 7 nitrogen and oxygen atoms in total. The minimum Gasteiger partial charge on any atom is -0.495 e. The molecule has 0 aliphatic rings. The Kier molecular flexibility index (Phi) is 8.53. The number of carbonyl (C=O) groups is 1. The van der Waals surface area contributed by atoms with E-state index in [4.69, 9.17) is 9.47 Å². The van der Waals surface area contributed by atoms with Crippen molar-refractivity contribution in [3.05, 3.63) is 53.6 Å². The van der Waals surface area contributed by atoms with Crippen molar-refractivity contribution in [3.63, 3.8) is 0 Å². The third kappa shape index (κ3) is 6.95. The van der Waals surface area contributed by atoms with E-state index in [-0.39, 0.29) is 18.9 Å². The molecule has 1 N–H and O–H groups in total. The van der Waals surface area contributed by atoms with Crippen LogP contribution in [0.25, 0.3) is 0 Å². The summed E-state index contributed by atoms with van der Waals surface area (Å²) in [7, 11) is -2.01. The van der Waals surface area contributed by atoms with Gasteiger partial charge in [-0.05, 0) is 44.0 Å². The molecule has 0 atom stereocenters. The number of sulfonamides is 1. The first-order valence-electron chi connectivity index (χ1n) is 9.80. The highest BCUT2D eigenvalue weighted by Gasteiger charge is 2.20. The maximum atomic E-state index is 12.2. The predicted molar refractivity (Wildman–Crippen MR) is 119 cm³/mol. The number of hydrogen-bond acceptors (Lipinski definition) is 5. The molecule has 164 valence electrons. The van der Waals surface area contributed by atoms with Crippen molar-refractivity contribution in [1.29, 1.82) is 0 Å². The Labute approximate surface area is 179 Å². The van der Waals surface area contributed by atoms with Crippen molar-refractivity contribution in [1.82, 2.24) is 5.32 Å². The molecule has 8 heteroatoms. The van der Waals surface area contributed by atoms with Crippen molar-refractivity contribution in [2.75, 3.05) is 37.4 Å². The van der Waals surface area contributed by atoms with E-state index >= 15 is 0 Å². The van der Waals surface area contributed by atoms with Crippen LogP contribution in [0.4, 0.5) is 5.69 Å². The summed E-state index contributed by atoms with van der Waals surface area (Å²) in [5, 5.41) is 2.80. The molecule has 2 rings (SSSR count). The number of methoxy groups -OCH3 is 1. The fourth-order valence-electron chi connectivity index (χ4n) is 3.09. The van der Waals surface area contributed by atoms with Crippen LogP contribution in [0, 0.1) is 13.8 Å². The summed E-state index contributed by atoms with van der Waals surface area (Å²) in [6.07, 6.45) is 1.74. The Bertz CT molecular complexity index is 960. The van der Waals surface area contributed by atoms with Gasteiger partial charge in [0.1, 0.15) is 18.1 Å². The molecule has 30 heavy (non-hydrogen) atoms. The quantitative estimate of drug-likeness (QED) is 0.550. The first kappa shape index (κ1) is 23.5. The lowest BCUT2D eigenvalue weighted by Gasteiger charge is -2.24. The van der Waals surface area contributed by atoms with E-state index in [1.807, 2.05) is 32.0 Å². The number of amides is 1. The van der Waals surface area contributed by atoms with E-state index in [1.54, 1.807) is 24.3 Å². The SMILES string of the molecule is COc1ccccc1N(CCCC(=O)NCCOc1ccc(C)cc1C)S(C)(=O)=O. The third-order valence-corrected chi connectivity index (χ3v) is 5.71. The number of carbonyl (C=O) groups excluding carboxylic acids is 1. The molecule has 1 amide bonds. The summed E-state index contributed by atoms with van der Waals surface area (Å²) in [6.45, 7) is 4.94. The summed E-state index contributed by atoms with van der Waals surface area (Å²) in [5.74, 6) is 1.12. The molecule has 0 saturated heterocycles. The van der Waals surface area contributed by atoms with Gasteiger partial charge in [-0.15, -0.1) is 0 Å². The zero-order chi connectivity index (χ0) is 22.1. The molecular weight excluding hydrogens is 404 g/mol. The second kappa shape index (κ2) is 10.9. The molecule has 0 saturated carbocycles. The van der Waals surface area contributed by atoms with Gasteiger partial charge in [-0.3, -0.25) is 9.10 Å². The lowest BCUT2D eigenvalue weighted by Crippen LogP contribution is -2.33. The van der Waals surface area contributed by atoms with Crippen LogP contribution in [0.15, 0.2) is 42.5 Å². The van der Waals surface area contributed by atoms with E-state index in [0.717, 1.165) is 17.6 Å². The van der Waals surface area contributed by atoms with Crippen molar-refractivity contribution in [3.8, 4) is 11.5 Å². The largest absolute Gasteiger partial charge is 0.495 e. The van der Waals surface area contributed by atoms with Crippen LogP contribution in [-0.4, -0.2) is 47.4 Å². The number of hydrogen-bond donors (Lipinski definition) is 1. The average Bonchev–Trinajstić information content (AvgIpc) is 2.69. The Balaban J connectivity index is 1.80. The van der Waals surface area contributed by atoms with Gasteiger partial charge in [-0.2, -0.15) is 0 Å². The number of benzene rings is 2. The van der Waals surface area contributed by atoms with Crippen LogP contribution in [0.5, 0.6) is 11.5 Å². The first-order valence-corrected chi connectivity index (χ1v) is 11.6. The summed E-state index contributed by atoms with van der Waals surface area (Å²) < 4.78 is 36.7. The maximum absolute atomic E-state index is 12.2. The smallest absolute Gasteiger partial charge is 0.232 e. The van der Waals surface area contributed by atoms with Gasteiger partial charge in [0, 0.05) is 13.0 Å². The standard InChI is InChI=1S/C22H30N2O5S/c1-17-11-12-20(18(2)16-17)29-15-13-23-22(25)10-7-14-24(30(4,26)27)19-8-5-6-9-21(19)28-3/h5-6,8-9,11-12,16H,7,10,13-15H2,1-4H3,(H,23,25). The van der Waals surface area contributed by atoms with Gasteiger partial charge in [0.15, 0.2) is 0 Å². The topological polar surface area (TPSA) is 84.9 Å². The molecule has 0 aliphatic carbocycles. The minimum atomic E-state index is -3.51. The zero-order valence-electron chi connectivity index (χ0n) is 18.0. The molecule has 2 aromatic rings. The highest BCUT2D eigenvalue weighted by Crippen LogP contribution is 2.29. The molecule has 0 radical (unpaired) electrons. The van der Waals surface area contributed by atoms with E-state index in [2.05, 4.69) is 5.32 Å². The van der Waals surface area contributed by atoms with Gasteiger partial charge in [0.25, 0.3) is 0 Å². The molecule has 0 heterocycles. The van der Waals surface area contributed by atoms with Gasteiger partial charge >= 0.3 is 0 Å². The molecule has 0 bridgehead atoms. The monoisotopic (exact) mass is 434 g/mol. The number of aryl methyl sites for hydroxylation is 2. The lowest BCUT2D eigenvalue weighted by molar-refractivity contribution is -0.121. The molecule has 0 aromatic heterocycles. The van der Waals surface area contributed by atoms with Crippen molar-refractivity contribution >= 4 is 21.6 Å². The highest BCUT2D eigenvalue weighted by molar-refractivity contribution is 7.92. The second-order valence-corrected chi connectivity index (χ2v) is 8.98. The fraction of sp³-hybridized carbons (Fsp3) is 0.409. The number of para-hydroxylation sites is 2. The van der Waals surface area contributed by atoms with Gasteiger partial charge in [-0.1, -0.05) is 29.8 Å². The number of rotatable bonds is 11. The van der Waals surface area contributed by atoms with Crippen molar-refractivity contribution < 1.29 is 22.7 Å². The van der Waals surface area contributed by atoms with Crippen LogP contribution in [0.3, 0.4) is 0 Å². The predicted octanol–water partition coefficient (Wildman–Crippen LogP) is 3.05. The molecule has 0 fully saturated rings. The Hall–Kier alpha value is -2.74. The maximum Gasteiger partial charge on any atom is 0.232 e. The normalized spacial score (nSPS) is 11.1. The third-order valence-electron chi connectivity index (χ3n) is 4.53. The van der Waals surface area contributed by atoms with Gasteiger partial charge in [0.05, 0.1) is 25.6 Å². The van der Waals surface area contributed by atoms with Gasteiger partial charge < -0.3 is 14.8 Å². The molecule has 0 aliphatic heterocycles. The van der Waals surface area contributed by atoms with Gasteiger partial charge in [0.2, 0.25) is 15.9 Å². The minimum absolute atomic E-state index is 0.146. The van der Waals surface area contributed by atoms with Crippen LogP contribution in [-0.2, 0) is 14.8 Å². The van der Waals surface area contributed by atoms with E-state index in [9.17, 15) is 13.2 Å². The van der Waals surface area contributed by atoms with E-state index in [1.165, 1.54) is 17.0 Å². The summed E-state index contributed by atoms with van der Waals surface area (Å²) >= 11 is 0. The first-order chi connectivity index (χ1) is 14.2. The summed E-state index contributed by atoms with van der Waals surface area (Å²) in [5.41, 5.74) is 2.69. The lowest BCUT2D eigenvalue weighted by atomic mass is 10.1. The molecular formula is C22H30N2O5S. The Morgan fingerprint density at radius 2 is 1.83 bits per heavy atom. The Morgan fingerprint density at radius 1 is 1.10 bits per heavy atom. The summed E-state index contributed by atoms with van der Waals surface area (Å²) in [4.78, 5) is 12.1. The number of nitrogens with one attached hydrogen (secondary N) is 1. The molecule has 0 spiro atoms. The number of ether oxygens (including phenoxy) is 2. The average molecular weight is 435 g/mol. The number of nitrogens with zero attached hydrogens (tertiary/aromatic N) is 1. The second-order valence-electron chi connectivity index (χ2n) is 7.08. The molecule has 2 aromatic carbocycles. The van der Waals surface area contributed by atoms with Crippen molar-refractivity contribution in [2.24, 2.45) is 0 Å². The highest BCUT2D eigenvalue weighted by atomic mass is 32.2. The molecule has 0 unspecified atom stereocenters. The zero-order valence-corrected chi connectivity index (χ0v) is 18.8. The van der Waals surface area contributed by atoms with Crippen LogP contribution < -0.4 is 19.1 Å². The van der Waals surface area contributed by atoms with Crippen LogP contribution in [0.1, 0.15) is 24.0 Å². The fourth-order valence-corrected chi connectivity index (χ4v) is 4.05.